The van der Waals surface area contributed by atoms with E-state index in [-0.39, 0.29) is 5.91 Å². The average Bonchev–Trinajstić information content (AvgIpc) is 2.62. The van der Waals surface area contributed by atoms with E-state index >= 15 is 0 Å². The molecule has 2 aromatic rings. The highest BCUT2D eigenvalue weighted by molar-refractivity contribution is 5.94. The van der Waals surface area contributed by atoms with Crippen molar-refractivity contribution < 1.29 is 14.6 Å². The molecule has 0 radical (unpaired) electrons. The van der Waals surface area contributed by atoms with Gasteiger partial charge in [0.2, 0.25) is 0 Å². The topological polar surface area (TPSA) is 49.8 Å². The second-order valence-electron chi connectivity index (χ2n) is 5.28. The van der Waals surface area contributed by atoms with E-state index in [1.165, 1.54) is 0 Å². The SMILES string of the molecule is CCN(CC)C(=O)c1ccc([C@@H](O)c2cccc(OC)c2)cc1. The highest BCUT2D eigenvalue weighted by Gasteiger charge is 2.15. The Morgan fingerprint density at radius 3 is 2.30 bits per heavy atom. The van der Waals surface area contributed by atoms with Gasteiger partial charge in [0.25, 0.3) is 5.91 Å². The fourth-order valence-corrected chi connectivity index (χ4v) is 2.51. The number of carbonyl (C=O) groups is 1. The molecule has 0 aliphatic carbocycles. The quantitative estimate of drug-likeness (QED) is 0.890. The summed E-state index contributed by atoms with van der Waals surface area (Å²) in [5, 5.41) is 10.5. The molecule has 2 aromatic carbocycles. The number of aliphatic hydroxyl groups is 1. The summed E-state index contributed by atoms with van der Waals surface area (Å²) in [5.74, 6) is 0.715. The second-order valence-corrected chi connectivity index (χ2v) is 5.28. The molecular weight excluding hydrogens is 290 g/mol. The van der Waals surface area contributed by atoms with Crippen LogP contribution in [-0.2, 0) is 0 Å². The predicted octanol–water partition coefficient (Wildman–Crippen LogP) is 3.26. The van der Waals surface area contributed by atoms with E-state index in [2.05, 4.69) is 0 Å². The van der Waals surface area contributed by atoms with Gasteiger partial charge in [-0.15, -0.1) is 0 Å². The zero-order valence-corrected chi connectivity index (χ0v) is 13.8. The van der Waals surface area contributed by atoms with E-state index in [0.29, 0.717) is 24.4 Å². The van der Waals surface area contributed by atoms with Crippen LogP contribution < -0.4 is 4.74 Å². The Hall–Kier alpha value is -2.33. The van der Waals surface area contributed by atoms with Crippen LogP contribution in [0.15, 0.2) is 48.5 Å². The summed E-state index contributed by atoms with van der Waals surface area (Å²) in [5.41, 5.74) is 2.14. The minimum atomic E-state index is -0.747. The molecule has 0 spiro atoms. The lowest BCUT2D eigenvalue weighted by molar-refractivity contribution is 0.0773. The smallest absolute Gasteiger partial charge is 0.253 e. The van der Waals surface area contributed by atoms with E-state index in [0.717, 1.165) is 11.1 Å². The van der Waals surface area contributed by atoms with Crippen LogP contribution in [0.25, 0.3) is 0 Å². The van der Waals surface area contributed by atoms with Crippen LogP contribution >= 0.6 is 0 Å². The molecule has 0 heterocycles. The first-order valence-electron chi connectivity index (χ1n) is 7.82. The monoisotopic (exact) mass is 313 g/mol. The Kier molecular flexibility index (Phi) is 5.77. The lowest BCUT2D eigenvalue weighted by Crippen LogP contribution is -2.30. The molecule has 0 saturated carbocycles. The van der Waals surface area contributed by atoms with Crippen LogP contribution in [0.3, 0.4) is 0 Å². The first kappa shape index (κ1) is 17.0. The molecular formula is C19H23NO3. The standard InChI is InChI=1S/C19H23NO3/c1-4-20(5-2)19(22)15-11-9-14(10-12-15)18(21)16-7-6-8-17(13-16)23-3/h6-13,18,21H,4-5H2,1-3H3/t18-/m1/s1. The maximum Gasteiger partial charge on any atom is 0.253 e. The number of nitrogens with zero attached hydrogens (tertiary/aromatic N) is 1. The maximum atomic E-state index is 12.3. The molecule has 0 aliphatic rings. The summed E-state index contributed by atoms with van der Waals surface area (Å²) in [4.78, 5) is 14.1. The van der Waals surface area contributed by atoms with Crippen molar-refractivity contribution in [3.63, 3.8) is 0 Å². The van der Waals surface area contributed by atoms with E-state index < -0.39 is 6.10 Å². The Labute approximate surface area is 137 Å². The van der Waals surface area contributed by atoms with Gasteiger partial charge in [-0.1, -0.05) is 24.3 Å². The first-order valence-corrected chi connectivity index (χ1v) is 7.82. The molecule has 1 N–H and O–H groups in total. The normalized spacial score (nSPS) is 11.8. The second kappa shape index (κ2) is 7.79. The maximum absolute atomic E-state index is 12.3. The third kappa shape index (κ3) is 3.90. The summed E-state index contributed by atoms with van der Waals surface area (Å²) in [6.45, 7) is 5.29. The molecule has 0 fully saturated rings. The van der Waals surface area contributed by atoms with Gasteiger partial charge in [0.15, 0.2) is 0 Å². The number of hydrogen-bond donors (Lipinski definition) is 1. The van der Waals surface area contributed by atoms with Crippen molar-refractivity contribution in [1.82, 2.24) is 4.90 Å². The van der Waals surface area contributed by atoms with Gasteiger partial charge in [-0.25, -0.2) is 0 Å². The van der Waals surface area contributed by atoms with E-state index in [1.54, 1.807) is 42.3 Å². The van der Waals surface area contributed by atoms with Crippen LogP contribution in [0.1, 0.15) is 41.4 Å². The van der Waals surface area contributed by atoms with Crippen LogP contribution in [0.2, 0.25) is 0 Å². The van der Waals surface area contributed by atoms with Gasteiger partial charge < -0.3 is 14.7 Å². The Morgan fingerprint density at radius 2 is 1.74 bits per heavy atom. The molecule has 1 amide bonds. The Bertz CT molecular complexity index is 648. The number of benzene rings is 2. The predicted molar refractivity (Wildman–Crippen MR) is 90.7 cm³/mol. The molecule has 0 aromatic heterocycles. The molecule has 0 saturated heterocycles. The molecule has 23 heavy (non-hydrogen) atoms. The number of methoxy groups -OCH3 is 1. The van der Waals surface area contributed by atoms with E-state index in [9.17, 15) is 9.90 Å². The van der Waals surface area contributed by atoms with Crippen LogP contribution in [0.4, 0.5) is 0 Å². The van der Waals surface area contributed by atoms with E-state index in [1.807, 2.05) is 32.0 Å². The van der Waals surface area contributed by atoms with Crippen LogP contribution in [0.5, 0.6) is 5.75 Å². The molecule has 1 atom stereocenters. The Morgan fingerprint density at radius 1 is 1.09 bits per heavy atom. The fourth-order valence-electron chi connectivity index (χ4n) is 2.51. The third-order valence-corrected chi connectivity index (χ3v) is 3.93. The minimum absolute atomic E-state index is 0.0115. The number of hydrogen-bond acceptors (Lipinski definition) is 3. The van der Waals surface area contributed by atoms with Crippen molar-refractivity contribution in [2.45, 2.75) is 20.0 Å². The van der Waals surface area contributed by atoms with Crippen molar-refractivity contribution in [2.24, 2.45) is 0 Å². The summed E-state index contributed by atoms with van der Waals surface area (Å²) in [6.07, 6.45) is -0.747. The van der Waals surface area contributed by atoms with Gasteiger partial charge in [-0.2, -0.15) is 0 Å². The van der Waals surface area contributed by atoms with Crippen LogP contribution in [0, 0.1) is 0 Å². The van der Waals surface area contributed by atoms with Gasteiger partial charge >= 0.3 is 0 Å². The Balaban J connectivity index is 2.20. The number of rotatable bonds is 6. The number of aliphatic hydroxyl groups excluding tert-OH is 1. The van der Waals surface area contributed by atoms with Crippen molar-refractivity contribution in [3.05, 3.63) is 65.2 Å². The number of carbonyl (C=O) groups excluding carboxylic acids is 1. The zero-order chi connectivity index (χ0) is 16.8. The molecule has 2 rings (SSSR count). The van der Waals surface area contributed by atoms with Crippen molar-refractivity contribution in [3.8, 4) is 5.75 Å². The van der Waals surface area contributed by atoms with Gasteiger partial charge in [-0.05, 0) is 49.2 Å². The molecule has 122 valence electrons. The summed E-state index contributed by atoms with van der Waals surface area (Å²) in [7, 11) is 1.60. The van der Waals surface area contributed by atoms with E-state index in [4.69, 9.17) is 4.74 Å². The first-order chi connectivity index (χ1) is 11.1. The van der Waals surface area contributed by atoms with Crippen molar-refractivity contribution in [2.75, 3.05) is 20.2 Å². The average molecular weight is 313 g/mol. The molecule has 4 heteroatoms. The molecule has 4 nitrogen and oxygen atoms in total. The fraction of sp³-hybridized carbons (Fsp3) is 0.316. The molecule has 0 aliphatic heterocycles. The van der Waals surface area contributed by atoms with Gasteiger partial charge in [0.05, 0.1) is 7.11 Å². The largest absolute Gasteiger partial charge is 0.497 e. The summed E-state index contributed by atoms with van der Waals surface area (Å²) >= 11 is 0. The molecule has 0 unspecified atom stereocenters. The number of amides is 1. The zero-order valence-electron chi connectivity index (χ0n) is 13.8. The number of ether oxygens (including phenoxy) is 1. The van der Waals surface area contributed by atoms with Gasteiger partial charge in [0, 0.05) is 18.7 Å². The highest BCUT2D eigenvalue weighted by Crippen LogP contribution is 2.25. The third-order valence-electron chi connectivity index (χ3n) is 3.93. The van der Waals surface area contributed by atoms with Gasteiger partial charge in [-0.3, -0.25) is 4.79 Å². The van der Waals surface area contributed by atoms with Gasteiger partial charge in [0.1, 0.15) is 11.9 Å². The minimum Gasteiger partial charge on any atom is -0.497 e. The molecule has 0 bridgehead atoms. The summed E-state index contributed by atoms with van der Waals surface area (Å²) < 4.78 is 5.18. The summed E-state index contributed by atoms with van der Waals surface area (Å²) in [6, 6.07) is 14.4. The van der Waals surface area contributed by atoms with Crippen molar-refractivity contribution >= 4 is 5.91 Å². The van der Waals surface area contributed by atoms with Crippen LogP contribution in [-0.4, -0.2) is 36.1 Å². The van der Waals surface area contributed by atoms with Crippen molar-refractivity contribution in [1.29, 1.82) is 0 Å². The lowest BCUT2D eigenvalue weighted by atomic mass is 10.00. The lowest BCUT2D eigenvalue weighted by Gasteiger charge is -2.19. The highest BCUT2D eigenvalue weighted by atomic mass is 16.5.